The summed E-state index contributed by atoms with van der Waals surface area (Å²) in [6.45, 7) is -1.48. The van der Waals surface area contributed by atoms with E-state index in [0.717, 1.165) is 0 Å². The predicted octanol–water partition coefficient (Wildman–Crippen LogP) is -3.79. The normalized spacial score (nSPS) is 15.7. The van der Waals surface area contributed by atoms with Gasteiger partial charge in [-0.15, -0.1) is 0 Å². The zero-order valence-corrected chi connectivity index (χ0v) is 32.1. The van der Waals surface area contributed by atoms with Crippen molar-refractivity contribution in [1.82, 2.24) is 9.80 Å². The van der Waals surface area contributed by atoms with E-state index in [0.29, 0.717) is 0 Å². The van der Waals surface area contributed by atoms with Crippen LogP contribution in [0.3, 0.4) is 0 Å². The molecule has 0 fully saturated rings. The van der Waals surface area contributed by atoms with E-state index in [1.807, 2.05) is 0 Å². The molecule has 0 radical (unpaired) electrons. The highest BCUT2D eigenvalue weighted by molar-refractivity contribution is 7.86. The summed E-state index contributed by atoms with van der Waals surface area (Å²) in [5, 5.41) is 42.4. The van der Waals surface area contributed by atoms with Gasteiger partial charge in [0.05, 0.1) is 73.9 Å². The highest BCUT2D eigenvalue weighted by atomic mass is 32.2. The van der Waals surface area contributed by atoms with Gasteiger partial charge >= 0.3 is 0 Å². The Morgan fingerprint density at radius 2 is 0.577 bits per heavy atom. The Kier molecular flexibility index (Phi) is 26.5. The van der Waals surface area contributed by atoms with Crippen molar-refractivity contribution in [2.45, 2.75) is 50.1 Å². The monoisotopic (exact) mass is 844 g/mol. The fourth-order valence-corrected chi connectivity index (χ4v) is 6.38. The van der Waals surface area contributed by atoms with Gasteiger partial charge in [0.15, 0.2) is 0 Å². The first-order chi connectivity index (χ1) is 23.9. The molecule has 0 aromatic carbocycles. The molecule has 0 aliphatic rings. The van der Waals surface area contributed by atoms with Gasteiger partial charge in [0.25, 0.3) is 40.5 Å². The minimum Gasteiger partial charge on any atom is -0.389 e. The zero-order valence-electron chi connectivity index (χ0n) is 28.9. The third-order valence-electron chi connectivity index (χ3n) is 6.61. The molecule has 0 rings (SSSR count). The van der Waals surface area contributed by atoms with Crippen LogP contribution >= 0.6 is 0 Å². The van der Waals surface area contributed by atoms with Crippen molar-refractivity contribution in [2.24, 2.45) is 0 Å². The Hall–Kier alpha value is -0.760. The van der Waals surface area contributed by atoms with Crippen molar-refractivity contribution >= 4 is 40.5 Å². The van der Waals surface area contributed by atoms with E-state index in [-0.39, 0.29) is 118 Å². The third kappa shape index (κ3) is 36.2. The number of aliphatic hydroxyl groups is 4. The average Bonchev–Trinajstić information content (AvgIpc) is 2.96. The van der Waals surface area contributed by atoms with Crippen LogP contribution in [0.1, 0.15) is 25.7 Å². The summed E-state index contributed by atoms with van der Waals surface area (Å²) in [4.78, 5) is 3.20. The molecule has 26 heteroatoms. The molecule has 0 aromatic rings. The zero-order chi connectivity index (χ0) is 39.8. The average molecular weight is 845 g/mol. The van der Waals surface area contributed by atoms with E-state index in [1.54, 1.807) is 9.80 Å². The van der Waals surface area contributed by atoms with Gasteiger partial charge in [-0.3, -0.25) is 28.0 Å². The first-order valence-corrected chi connectivity index (χ1v) is 22.7. The Morgan fingerprint density at radius 1 is 0.385 bits per heavy atom. The van der Waals surface area contributed by atoms with Crippen LogP contribution in [-0.4, -0.2) is 222 Å². The Morgan fingerprint density at radius 3 is 0.750 bits per heavy atom. The first-order valence-electron chi connectivity index (χ1n) is 16.2. The van der Waals surface area contributed by atoms with Crippen molar-refractivity contribution in [3.05, 3.63) is 0 Å². The molecule has 22 nitrogen and oxygen atoms in total. The fraction of sp³-hybridized carbons (Fsp3) is 1.00. The number of hydrogen-bond donors (Lipinski definition) is 8. The van der Waals surface area contributed by atoms with E-state index in [2.05, 4.69) is 0 Å². The van der Waals surface area contributed by atoms with Crippen molar-refractivity contribution in [3.8, 4) is 0 Å². The predicted molar refractivity (Wildman–Crippen MR) is 184 cm³/mol. The maximum atomic E-state index is 10.9. The topological polar surface area (TPSA) is 342 Å². The largest absolute Gasteiger partial charge is 0.389 e. The van der Waals surface area contributed by atoms with Gasteiger partial charge < -0.3 is 39.4 Å². The molecule has 0 aromatic heterocycles. The maximum Gasteiger partial charge on any atom is 0.264 e. The summed E-state index contributed by atoms with van der Waals surface area (Å²) >= 11 is 0. The standard InChI is InChI=1S/C26H56N2O20S4/c29-23(19-45-7-1-11-49(33,34)35)15-27(16-24(30)20-46-8-2-12-50(36,37)38)5-6-28(17-25(31)21-47-9-3-13-51(39,40)41)18-26(32)22-48-10-4-14-52(42,43)44/h23-26,29-32H,1-22H2,(H,33,34,35)(H,36,37,38)(H,39,40,41)(H,42,43,44). The summed E-state index contributed by atoms with van der Waals surface area (Å²) in [5.41, 5.74) is 0. The smallest absolute Gasteiger partial charge is 0.264 e. The lowest BCUT2D eigenvalue weighted by Crippen LogP contribution is -2.47. The maximum absolute atomic E-state index is 10.9. The molecule has 8 N–H and O–H groups in total. The number of nitrogens with zero attached hydrogens (tertiary/aromatic N) is 2. The van der Waals surface area contributed by atoms with E-state index < -0.39 is 87.9 Å². The van der Waals surface area contributed by atoms with E-state index in [9.17, 15) is 54.1 Å². The molecule has 52 heavy (non-hydrogen) atoms. The molecule has 0 saturated heterocycles. The van der Waals surface area contributed by atoms with Crippen LogP contribution in [-0.2, 0) is 59.4 Å². The van der Waals surface area contributed by atoms with Crippen LogP contribution in [0.2, 0.25) is 0 Å². The molecule has 0 saturated carbocycles. The van der Waals surface area contributed by atoms with Gasteiger partial charge in [0.1, 0.15) is 0 Å². The SMILES string of the molecule is O=S(=O)(O)CCCOCC(O)CN(CCN(CC(O)COCCCS(=O)(=O)O)CC(O)COCCCS(=O)(=O)O)CC(O)COCCCS(=O)(=O)O. The Labute approximate surface area is 306 Å². The molecule has 0 aliphatic carbocycles. The van der Waals surface area contributed by atoms with Crippen LogP contribution in [0.15, 0.2) is 0 Å². The lowest BCUT2D eigenvalue weighted by molar-refractivity contribution is -0.0235. The number of aliphatic hydroxyl groups excluding tert-OH is 4. The van der Waals surface area contributed by atoms with E-state index >= 15 is 0 Å². The molecule has 4 unspecified atom stereocenters. The first kappa shape index (κ1) is 51.2. The second kappa shape index (κ2) is 26.9. The minimum absolute atomic E-state index is 0.0307. The Bertz CT molecular complexity index is 1160. The summed E-state index contributed by atoms with van der Waals surface area (Å²) in [5.74, 6) is -2.15. The summed E-state index contributed by atoms with van der Waals surface area (Å²) in [6.07, 6.45) is -4.71. The molecule has 0 spiro atoms. The van der Waals surface area contributed by atoms with Crippen LogP contribution in [0.4, 0.5) is 0 Å². The van der Waals surface area contributed by atoms with Gasteiger partial charge in [-0.1, -0.05) is 0 Å². The second-order valence-corrected chi connectivity index (χ2v) is 18.3. The molecule has 0 amide bonds. The molecule has 314 valence electrons. The van der Waals surface area contributed by atoms with Crippen molar-refractivity contribution in [3.63, 3.8) is 0 Å². The molecule has 0 heterocycles. The molecule has 0 bridgehead atoms. The van der Waals surface area contributed by atoms with Crippen molar-refractivity contribution in [2.75, 3.05) is 115 Å². The van der Waals surface area contributed by atoms with Gasteiger partial charge in [-0.05, 0) is 25.7 Å². The molecular formula is C26H56N2O20S4. The number of ether oxygens (including phenoxy) is 4. The lowest BCUT2D eigenvalue weighted by Gasteiger charge is -2.32. The third-order valence-corrected chi connectivity index (χ3v) is 9.83. The highest BCUT2D eigenvalue weighted by Crippen LogP contribution is 2.05. The van der Waals surface area contributed by atoms with E-state index in [4.69, 9.17) is 37.2 Å². The summed E-state index contributed by atoms with van der Waals surface area (Å²) in [7, 11) is -16.7. The molecular weight excluding hydrogens is 789 g/mol. The molecule has 0 aliphatic heterocycles. The van der Waals surface area contributed by atoms with Gasteiger partial charge in [-0.2, -0.15) is 33.7 Å². The fourth-order valence-electron chi connectivity index (χ4n) is 4.45. The van der Waals surface area contributed by atoms with Gasteiger partial charge in [-0.25, -0.2) is 0 Å². The summed E-state index contributed by atoms with van der Waals surface area (Å²) in [6, 6.07) is 0. The van der Waals surface area contributed by atoms with E-state index in [1.165, 1.54) is 0 Å². The second-order valence-electron chi connectivity index (χ2n) is 12.0. The van der Waals surface area contributed by atoms with Gasteiger partial charge in [0, 0.05) is 65.7 Å². The van der Waals surface area contributed by atoms with Crippen LogP contribution in [0.5, 0.6) is 0 Å². The van der Waals surface area contributed by atoms with Crippen LogP contribution in [0.25, 0.3) is 0 Å². The quantitative estimate of drug-likeness (QED) is 0.0224. The summed E-state index contributed by atoms with van der Waals surface area (Å²) < 4.78 is 144. The molecule has 4 atom stereocenters. The minimum atomic E-state index is -4.19. The number of hydrogen-bond acceptors (Lipinski definition) is 18. The van der Waals surface area contributed by atoms with Crippen LogP contribution < -0.4 is 0 Å². The lowest BCUT2D eigenvalue weighted by atomic mass is 10.2. The van der Waals surface area contributed by atoms with Crippen molar-refractivity contribution in [1.29, 1.82) is 0 Å². The highest BCUT2D eigenvalue weighted by Gasteiger charge is 2.21. The van der Waals surface area contributed by atoms with Crippen molar-refractivity contribution < 1.29 is 91.3 Å². The number of rotatable bonds is 35. The Balaban J connectivity index is 5.46. The van der Waals surface area contributed by atoms with Crippen LogP contribution in [0, 0.1) is 0 Å². The van der Waals surface area contributed by atoms with Gasteiger partial charge in [0.2, 0.25) is 0 Å².